The van der Waals surface area contributed by atoms with Gasteiger partial charge in [-0.1, -0.05) is 44.7 Å². The number of benzene rings is 2. The van der Waals surface area contributed by atoms with Crippen LogP contribution in [0.1, 0.15) is 31.9 Å². The van der Waals surface area contributed by atoms with E-state index < -0.39 is 29.7 Å². The predicted molar refractivity (Wildman–Crippen MR) is 159 cm³/mol. The zero-order valence-electron chi connectivity index (χ0n) is 24.5. The van der Waals surface area contributed by atoms with E-state index in [0.717, 1.165) is 6.07 Å². The third-order valence-corrected chi connectivity index (χ3v) is 6.92. The van der Waals surface area contributed by atoms with E-state index in [9.17, 15) is 28.3 Å². The first kappa shape index (κ1) is 31.9. The summed E-state index contributed by atoms with van der Waals surface area (Å²) >= 11 is 0. The fraction of sp³-hybridized carbons (Fsp3) is 0.312. The van der Waals surface area contributed by atoms with Crippen LogP contribution in [-0.4, -0.2) is 58.7 Å². The Bertz CT molecular complexity index is 1570. The fourth-order valence-electron chi connectivity index (χ4n) is 4.84. The number of ether oxygens (including phenoxy) is 1. The summed E-state index contributed by atoms with van der Waals surface area (Å²) < 4.78 is 33.7. The van der Waals surface area contributed by atoms with Crippen molar-refractivity contribution < 1.29 is 33.0 Å². The lowest BCUT2D eigenvalue weighted by Gasteiger charge is -2.47. The third-order valence-electron chi connectivity index (χ3n) is 6.92. The second-order valence-corrected chi connectivity index (χ2v) is 11.5. The van der Waals surface area contributed by atoms with Crippen LogP contribution in [0.15, 0.2) is 60.9 Å². The molecule has 12 heteroatoms. The molecule has 10 nitrogen and oxygen atoms in total. The second-order valence-electron chi connectivity index (χ2n) is 11.5. The highest BCUT2D eigenvalue weighted by atomic mass is 19.1. The van der Waals surface area contributed by atoms with Crippen molar-refractivity contribution >= 4 is 23.7 Å². The monoisotopic (exact) mass is 605 g/mol. The molecule has 1 saturated heterocycles. The Hall–Kier alpha value is -5.02. The average Bonchev–Trinajstić information content (AvgIpc) is 2.91. The number of nitrogens with zero attached hydrogens (tertiary/aromatic N) is 2. The molecule has 44 heavy (non-hydrogen) atoms. The van der Waals surface area contributed by atoms with Crippen molar-refractivity contribution in [3.8, 4) is 23.3 Å². The minimum absolute atomic E-state index is 0.0942. The molecule has 0 aliphatic carbocycles. The van der Waals surface area contributed by atoms with Crippen molar-refractivity contribution in [1.29, 1.82) is 0 Å². The Kier molecular flexibility index (Phi) is 10.1. The number of anilines is 1. The minimum Gasteiger partial charge on any atom is -0.465 e. The quantitative estimate of drug-likeness (QED) is 0.266. The number of hydrogen-bond acceptors (Lipinski definition) is 6. The molecule has 1 fully saturated rings. The van der Waals surface area contributed by atoms with Gasteiger partial charge in [0.25, 0.3) is 0 Å². The molecule has 0 bridgehead atoms. The molecule has 0 saturated carbocycles. The minimum atomic E-state index is -1.04. The molecule has 3 aromatic rings. The van der Waals surface area contributed by atoms with E-state index in [-0.39, 0.29) is 41.0 Å². The number of likely N-dealkylation sites (tertiary alicyclic amines) is 1. The van der Waals surface area contributed by atoms with E-state index in [0.29, 0.717) is 30.8 Å². The first-order chi connectivity index (χ1) is 20.9. The molecule has 1 aliphatic rings. The highest BCUT2D eigenvalue weighted by Crippen LogP contribution is 2.31. The third kappa shape index (κ3) is 8.99. The van der Waals surface area contributed by atoms with Crippen LogP contribution >= 0.6 is 0 Å². The summed E-state index contributed by atoms with van der Waals surface area (Å²) in [7, 11) is 0. The molecule has 1 unspecified atom stereocenters. The topological polar surface area (TPSA) is 133 Å². The molecule has 1 aromatic heterocycles. The van der Waals surface area contributed by atoms with Gasteiger partial charge in [-0.15, -0.1) is 0 Å². The molecule has 2 heterocycles. The van der Waals surface area contributed by atoms with Gasteiger partial charge in [0.2, 0.25) is 5.91 Å². The lowest BCUT2D eigenvalue weighted by atomic mass is 9.75. The smallest absolute Gasteiger partial charge is 0.404 e. The van der Waals surface area contributed by atoms with E-state index in [1.165, 1.54) is 48.8 Å². The fourth-order valence-corrected chi connectivity index (χ4v) is 4.84. The van der Waals surface area contributed by atoms with Crippen LogP contribution < -0.4 is 20.7 Å². The number of imide groups is 1. The largest absolute Gasteiger partial charge is 0.465 e. The van der Waals surface area contributed by atoms with Gasteiger partial charge in [-0.25, -0.2) is 18.4 Å². The van der Waals surface area contributed by atoms with Gasteiger partial charge in [-0.2, -0.15) is 0 Å². The first-order valence-corrected chi connectivity index (χ1v) is 13.8. The summed E-state index contributed by atoms with van der Waals surface area (Å²) in [5.74, 6) is 4.63. The molecule has 2 aromatic carbocycles. The van der Waals surface area contributed by atoms with E-state index in [4.69, 9.17) is 4.74 Å². The highest BCUT2D eigenvalue weighted by molar-refractivity contribution is 6.01. The molecule has 0 radical (unpaired) electrons. The van der Waals surface area contributed by atoms with Gasteiger partial charge in [-0.05, 0) is 35.2 Å². The molecule has 4 N–H and O–H groups in total. The number of hydrogen-bond donors (Lipinski definition) is 4. The van der Waals surface area contributed by atoms with Crippen molar-refractivity contribution in [2.45, 2.75) is 33.2 Å². The van der Waals surface area contributed by atoms with Crippen LogP contribution in [0.25, 0.3) is 0 Å². The lowest BCUT2D eigenvalue weighted by Crippen LogP contribution is -2.60. The zero-order chi connectivity index (χ0) is 31.9. The second kappa shape index (κ2) is 14.0. The molecule has 1 aliphatic heterocycles. The number of urea groups is 1. The van der Waals surface area contributed by atoms with Crippen molar-refractivity contribution in [1.82, 2.24) is 20.5 Å². The Morgan fingerprint density at radius 2 is 1.82 bits per heavy atom. The van der Waals surface area contributed by atoms with Gasteiger partial charge < -0.3 is 20.5 Å². The van der Waals surface area contributed by atoms with E-state index in [1.807, 2.05) is 20.8 Å². The molecular formula is C32H33F2N5O5. The maximum absolute atomic E-state index is 14.9. The maximum Gasteiger partial charge on any atom is 0.404 e. The number of aromatic nitrogens is 1. The number of halogens is 2. The Morgan fingerprint density at radius 3 is 2.48 bits per heavy atom. The summed E-state index contributed by atoms with van der Waals surface area (Å²) in [6.45, 7) is 7.89. The number of carbonyl (C=O) groups excluding carboxylic acids is 2. The molecule has 230 valence electrons. The summed E-state index contributed by atoms with van der Waals surface area (Å²) in [4.78, 5) is 41.7. The van der Waals surface area contributed by atoms with Gasteiger partial charge >= 0.3 is 12.1 Å². The highest BCUT2D eigenvalue weighted by Gasteiger charge is 2.40. The van der Waals surface area contributed by atoms with Gasteiger partial charge in [0.05, 0.1) is 18.5 Å². The van der Waals surface area contributed by atoms with Crippen LogP contribution in [0.4, 0.5) is 24.1 Å². The van der Waals surface area contributed by atoms with Crippen molar-refractivity contribution in [3.05, 3.63) is 83.7 Å². The molecule has 4 amide bonds. The van der Waals surface area contributed by atoms with E-state index in [2.05, 4.69) is 37.7 Å². The Labute approximate surface area is 253 Å². The van der Waals surface area contributed by atoms with Gasteiger partial charge in [-0.3, -0.25) is 20.0 Å². The molecule has 4 rings (SSSR count). The summed E-state index contributed by atoms with van der Waals surface area (Å²) in [5, 5.41) is 16.4. The maximum atomic E-state index is 14.9. The predicted octanol–water partition coefficient (Wildman–Crippen LogP) is 5.01. The standard InChI is InChI=1S/C32H33F2N5O5/c1-32(2,3)29(38-31(42)43)22-18-39(19-22)14-4-5-21-17-35-13-12-26(21)44-27-11-10-24(16-25(27)34)36-30(41)37-28(40)15-20-6-8-23(33)9-7-20/h6-13,16-17,22,29,38H,14-15,18-19H2,1-3H3,(H,42,43)(H2,36,37,40,41). The van der Waals surface area contributed by atoms with Crippen LogP contribution in [-0.2, 0) is 11.2 Å². The zero-order valence-corrected chi connectivity index (χ0v) is 24.5. The normalized spacial score (nSPS) is 13.9. The number of rotatable bonds is 8. The van der Waals surface area contributed by atoms with Crippen molar-refractivity contribution in [2.75, 3.05) is 25.0 Å². The van der Waals surface area contributed by atoms with Gasteiger partial charge in [0, 0.05) is 55.3 Å². The number of carbonyl (C=O) groups is 3. The SMILES string of the molecule is CC(C)(C)C(NC(=O)O)C1CN(CC#Cc2cnccc2Oc2ccc(NC(=O)NC(=O)Cc3ccc(F)cc3)cc2F)C1. The molecule has 1 atom stereocenters. The number of carboxylic acid groups (broad SMARTS) is 1. The van der Waals surface area contributed by atoms with Crippen LogP contribution in [0.5, 0.6) is 11.5 Å². The van der Waals surface area contributed by atoms with Crippen LogP contribution in [0.2, 0.25) is 0 Å². The Balaban J connectivity index is 1.30. The first-order valence-electron chi connectivity index (χ1n) is 13.8. The van der Waals surface area contributed by atoms with Gasteiger partial charge in [0.15, 0.2) is 11.6 Å². The van der Waals surface area contributed by atoms with Crippen molar-refractivity contribution in [3.63, 3.8) is 0 Å². The molecular weight excluding hydrogens is 572 g/mol. The van der Waals surface area contributed by atoms with E-state index in [1.54, 1.807) is 6.07 Å². The van der Waals surface area contributed by atoms with Gasteiger partial charge in [0.1, 0.15) is 11.6 Å². The summed E-state index contributed by atoms with van der Waals surface area (Å²) in [6.07, 6.45) is 1.83. The number of nitrogens with one attached hydrogen (secondary N) is 3. The lowest BCUT2D eigenvalue weighted by molar-refractivity contribution is -0.119. The number of amides is 4. The van der Waals surface area contributed by atoms with Crippen LogP contribution in [0.3, 0.4) is 0 Å². The van der Waals surface area contributed by atoms with Crippen molar-refractivity contribution in [2.24, 2.45) is 11.3 Å². The summed E-state index contributed by atoms with van der Waals surface area (Å²) in [6, 6.07) is 9.64. The van der Waals surface area contributed by atoms with Crippen LogP contribution in [0, 0.1) is 34.8 Å². The summed E-state index contributed by atoms with van der Waals surface area (Å²) in [5.41, 5.74) is 0.852. The Morgan fingerprint density at radius 1 is 1.09 bits per heavy atom. The molecule has 0 spiro atoms. The van der Waals surface area contributed by atoms with E-state index >= 15 is 0 Å². The average molecular weight is 606 g/mol. The number of pyridine rings is 1.